The largest absolute Gasteiger partial charge is 0.296 e. The molecule has 2 rings (SSSR count). The maximum atomic E-state index is 13.6. The Bertz CT molecular complexity index is 680. The van der Waals surface area contributed by atoms with Crippen molar-refractivity contribution in [2.45, 2.75) is 6.92 Å². The summed E-state index contributed by atoms with van der Waals surface area (Å²) in [6.07, 6.45) is 0.273. The normalized spacial score (nSPS) is 10.4. The van der Waals surface area contributed by atoms with Crippen LogP contribution in [0.5, 0.6) is 0 Å². The minimum absolute atomic E-state index is 0.157. The smallest absolute Gasteiger partial charge is 0.211 e. The fourth-order valence-electron chi connectivity index (χ4n) is 1.53. The van der Waals surface area contributed by atoms with Crippen LogP contribution < -0.4 is 5.43 Å². The SMILES string of the molecule is Cc1cc(=O)c(C=O)nn1-c1cc(F)ccc1F. The molecule has 0 aliphatic heterocycles. The fourth-order valence-corrected chi connectivity index (χ4v) is 1.53. The Balaban J connectivity index is 2.74. The van der Waals surface area contributed by atoms with Gasteiger partial charge in [0.25, 0.3) is 0 Å². The molecular formula is C12H8F2N2O2. The van der Waals surface area contributed by atoms with E-state index in [0.29, 0.717) is 5.69 Å². The highest BCUT2D eigenvalue weighted by molar-refractivity contribution is 5.71. The Labute approximate surface area is 100 Å². The summed E-state index contributed by atoms with van der Waals surface area (Å²) in [6, 6.07) is 4.00. The monoisotopic (exact) mass is 250 g/mol. The number of rotatable bonds is 2. The van der Waals surface area contributed by atoms with Crippen molar-refractivity contribution in [3.05, 3.63) is 57.5 Å². The molecule has 2 aromatic rings. The van der Waals surface area contributed by atoms with Crippen LogP contribution in [0.4, 0.5) is 8.78 Å². The van der Waals surface area contributed by atoms with Gasteiger partial charge in [-0.05, 0) is 19.1 Å². The second-order valence-electron chi connectivity index (χ2n) is 3.66. The Morgan fingerprint density at radius 3 is 2.67 bits per heavy atom. The standard InChI is InChI=1S/C12H8F2N2O2/c1-7-4-12(18)10(6-17)15-16(7)11-5-8(13)2-3-9(11)14/h2-6H,1H3. The molecule has 0 N–H and O–H groups in total. The van der Waals surface area contributed by atoms with Crippen molar-refractivity contribution in [3.63, 3.8) is 0 Å². The Hall–Kier alpha value is -2.37. The summed E-state index contributed by atoms with van der Waals surface area (Å²) in [6.45, 7) is 1.51. The van der Waals surface area contributed by atoms with E-state index in [-0.39, 0.29) is 17.7 Å². The zero-order valence-corrected chi connectivity index (χ0v) is 9.35. The third kappa shape index (κ3) is 2.04. The first-order valence-corrected chi connectivity index (χ1v) is 5.04. The summed E-state index contributed by atoms with van der Waals surface area (Å²) in [4.78, 5) is 22.0. The maximum Gasteiger partial charge on any atom is 0.211 e. The summed E-state index contributed by atoms with van der Waals surface area (Å²) in [5, 5.41) is 3.69. The molecule has 4 nitrogen and oxygen atoms in total. The van der Waals surface area contributed by atoms with Gasteiger partial charge in [0.1, 0.15) is 17.3 Å². The first kappa shape index (κ1) is 12.1. The molecule has 0 spiro atoms. The van der Waals surface area contributed by atoms with Crippen LogP contribution >= 0.6 is 0 Å². The lowest BCUT2D eigenvalue weighted by Gasteiger charge is -2.10. The zero-order valence-electron chi connectivity index (χ0n) is 9.35. The van der Waals surface area contributed by atoms with Crippen LogP contribution in [0.25, 0.3) is 5.69 Å². The number of hydrogen-bond donors (Lipinski definition) is 0. The molecule has 0 saturated carbocycles. The van der Waals surface area contributed by atoms with Crippen LogP contribution in [0.2, 0.25) is 0 Å². The Kier molecular flexibility index (Phi) is 3.01. The van der Waals surface area contributed by atoms with Crippen LogP contribution in [0.1, 0.15) is 16.2 Å². The van der Waals surface area contributed by atoms with Gasteiger partial charge in [-0.1, -0.05) is 0 Å². The summed E-state index contributed by atoms with van der Waals surface area (Å²) < 4.78 is 27.7. The van der Waals surface area contributed by atoms with Crippen molar-refractivity contribution in [2.24, 2.45) is 0 Å². The summed E-state index contributed by atoms with van der Waals surface area (Å²) in [5.41, 5.74) is -0.773. The second kappa shape index (κ2) is 4.48. The first-order chi connectivity index (χ1) is 8.52. The average molecular weight is 250 g/mol. The number of carbonyl (C=O) groups is 1. The van der Waals surface area contributed by atoms with Crippen LogP contribution in [0.3, 0.4) is 0 Å². The molecule has 6 heteroatoms. The quantitative estimate of drug-likeness (QED) is 0.761. The number of aldehydes is 1. The highest BCUT2D eigenvalue weighted by atomic mass is 19.1. The molecule has 0 bridgehead atoms. The summed E-state index contributed by atoms with van der Waals surface area (Å²) in [7, 11) is 0. The topological polar surface area (TPSA) is 52.0 Å². The third-order valence-corrected chi connectivity index (χ3v) is 2.38. The number of aryl methyl sites for hydroxylation is 1. The van der Waals surface area contributed by atoms with E-state index in [2.05, 4.69) is 5.10 Å². The van der Waals surface area contributed by atoms with E-state index in [1.54, 1.807) is 0 Å². The van der Waals surface area contributed by atoms with Gasteiger partial charge in [-0.2, -0.15) is 5.10 Å². The van der Waals surface area contributed by atoms with E-state index in [9.17, 15) is 18.4 Å². The molecule has 0 aliphatic carbocycles. The molecule has 0 aliphatic rings. The van der Waals surface area contributed by atoms with E-state index >= 15 is 0 Å². The van der Waals surface area contributed by atoms with Gasteiger partial charge in [0.05, 0.1) is 0 Å². The number of nitrogens with zero attached hydrogens (tertiary/aromatic N) is 2. The zero-order chi connectivity index (χ0) is 13.3. The van der Waals surface area contributed by atoms with Crippen molar-refractivity contribution in [3.8, 4) is 5.69 Å². The molecule has 0 radical (unpaired) electrons. The predicted molar refractivity (Wildman–Crippen MR) is 59.9 cm³/mol. The van der Waals surface area contributed by atoms with Crippen molar-refractivity contribution in [1.29, 1.82) is 0 Å². The fraction of sp³-hybridized carbons (Fsp3) is 0.0833. The number of hydrogen-bond acceptors (Lipinski definition) is 3. The lowest BCUT2D eigenvalue weighted by atomic mass is 10.2. The van der Waals surface area contributed by atoms with Crippen molar-refractivity contribution >= 4 is 6.29 Å². The van der Waals surface area contributed by atoms with Gasteiger partial charge in [-0.3, -0.25) is 9.59 Å². The van der Waals surface area contributed by atoms with Gasteiger partial charge in [-0.25, -0.2) is 13.5 Å². The third-order valence-electron chi connectivity index (χ3n) is 2.38. The van der Waals surface area contributed by atoms with Gasteiger partial charge in [0.15, 0.2) is 12.0 Å². The Morgan fingerprint density at radius 1 is 1.28 bits per heavy atom. The minimum atomic E-state index is -0.701. The molecule has 0 atom stereocenters. The molecule has 0 fully saturated rings. The molecule has 0 amide bonds. The average Bonchev–Trinajstić information content (AvgIpc) is 2.33. The first-order valence-electron chi connectivity index (χ1n) is 5.04. The molecule has 92 valence electrons. The van der Waals surface area contributed by atoms with Crippen LogP contribution in [0.15, 0.2) is 29.1 Å². The van der Waals surface area contributed by atoms with E-state index < -0.39 is 17.1 Å². The van der Waals surface area contributed by atoms with Crippen LogP contribution in [-0.2, 0) is 0 Å². The number of carbonyl (C=O) groups excluding carboxylic acids is 1. The van der Waals surface area contributed by atoms with E-state index in [4.69, 9.17) is 0 Å². The van der Waals surface area contributed by atoms with Crippen LogP contribution in [0, 0.1) is 18.6 Å². The molecule has 0 unspecified atom stereocenters. The van der Waals surface area contributed by atoms with Gasteiger partial charge in [0, 0.05) is 17.8 Å². The summed E-state index contributed by atoms with van der Waals surface area (Å²) >= 11 is 0. The molecule has 1 aromatic carbocycles. The van der Waals surface area contributed by atoms with Crippen LogP contribution in [-0.4, -0.2) is 16.1 Å². The number of halogens is 2. The second-order valence-corrected chi connectivity index (χ2v) is 3.66. The maximum absolute atomic E-state index is 13.6. The van der Waals surface area contributed by atoms with E-state index in [0.717, 1.165) is 28.9 Å². The highest BCUT2D eigenvalue weighted by Crippen LogP contribution is 2.15. The van der Waals surface area contributed by atoms with Gasteiger partial charge >= 0.3 is 0 Å². The van der Waals surface area contributed by atoms with Gasteiger partial charge in [-0.15, -0.1) is 0 Å². The molecule has 0 saturated heterocycles. The molecule has 1 aromatic heterocycles. The summed E-state index contributed by atoms with van der Waals surface area (Å²) in [5.74, 6) is -1.34. The van der Waals surface area contributed by atoms with Crippen molar-refractivity contribution in [1.82, 2.24) is 9.78 Å². The lowest BCUT2D eigenvalue weighted by Crippen LogP contribution is -2.19. The molecule has 18 heavy (non-hydrogen) atoms. The van der Waals surface area contributed by atoms with E-state index in [1.165, 1.54) is 6.92 Å². The molecule has 1 heterocycles. The van der Waals surface area contributed by atoms with E-state index in [1.807, 2.05) is 0 Å². The van der Waals surface area contributed by atoms with Gasteiger partial charge < -0.3 is 0 Å². The lowest BCUT2D eigenvalue weighted by molar-refractivity contribution is 0.111. The van der Waals surface area contributed by atoms with Crippen molar-refractivity contribution in [2.75, 3.05) is 0 Å². The molecular weight excluding hydrogens is 242 g/mol. The highest BCUT2D eigenvalue weighted by Gasteiger charge is 2.11. The van der Waals surface area contributed by atoms with Crippen molar-refractivity contribution < 1.29 is 13.6 Å². The number of aromatic nitrogens is 2. The predicted octanol–water partition coefficient (Wildman–Crippen LogP) is 1.63. The number of benzene rings is 1. The minimum Gasteiger partial charge on any atom is -0.296 e. The van der Waals surface area contributed by atoms with Gasteiger partial charge in [0.2, 0.25) is 5.43 Å². The Morgan fingerprint density at radius 2 is 2.00 bits per heavy atom.